The summed E-state index contributed by atoms with van der Waals surface area (Å²) in [6, 6.07) is 12.1. The van der Waals surface area contributed by atoms with Crippen molar-refractivity contribution in [2.45, 2.75) is 12.8 Å². The van der Waals surface area contributed by atoms with Gasteiger partial charge < -0.3 is 10.1 Å². The van der Waals surface area contributed by atoms with E-state index in [1.807, 2.05) is 0 Å². The van der Waals surface area contributed by atoms with Gasteiger partial charge in [-0.15, -0.1) is 0 Å². The molecule has 1 N–H and O–H groups in total. The zero-order valence-electron chi connectivity index (χ0n) is 12.0. The molecule has 0 heterocycles. The summed E-state index contributed by atoms with van der Waals surface area (Å²) in [6.45, 7) is 0.630. The molecule has 116 valence electrons. The summed E-state index contributed by atoms with van der Waals surface area (Å²) < 4.78 is 31.4. The third-order valence-corrected chi connectivity index (χ3v) is 3.09. The third-order valence-electron chi connectivity index (χ3n) is 3.09. The highest BCUT2D eigenvalue weighted by molar-refractivity contribution is 5.76. The number of carbonyl (C=O) groups excluding carboxylic acids is 1. The molecule has 0 unspecified atom stereocenters. The van der Waals surface area contributed by atoms with Crippen molar-refractivity contribution in [3.8, 4) is 5.75 Å². The Morgan fingerprint density at radius 2 is 1.77 bits per heavy atom. The molecule has 0 aromatic heterocycles. The number of hydrogen-bond donors (Lipinski definition) is 1. The lowest BCUT2D eigenvalue weighted by molar-refractivity contribution is -0.121. The Balaban J connectivity index is 1.64. The third kappa shape index (κ3) is 5.16. The number of rotatable bonds is 7. The highest BCUT2D eigenvalue weighted by Crippen LogP contribution is 2.10. The summed E-state index contributed by atoms with van der Waals surface area (Å²) in [5.74, 6) is -0.239. The van der Waals surface area contributed by atoms with Crippen molar-refractivity contribution in [2.24, 2.45) is 0 Å². The molecule has 0 aliphatic carbocycles. The molecule has 0 aliphatic heterocycles. The number of aryl methyl sites for hydroxylation is 1. The molecule has 2 aromatic carbocycles. The van der Waals surface area contributed by atoms with Crippen LogP contribution in [0.4, 0.5) is 8.78 Å². The number of halogens is 2. The van der Waals surface area contributed by atoms with Gasteiger partial charge in [0.05, 0.1) is 6.54 Å². The fourth-order valence-corrected chi connectivity index (χ4v) is 1.93. The fraction of sp³-hybridized carbons (Fsp3) is 0.235. The van der Waals surface area contributed by atoms with Gasteiger partial charge in [-0.2, -0.15) is 0 Å². The summed E-state index contributed by atoms with van der Waals surface area (Å²) in [4.78, 5) is 11.6. The number of ether oxygens (including phenoxy) is 1. The van der Waals surface area contributed by atoms with E-state index in [2.05, 4.69) is 5.32 Å². The molecule has 0 fully saturated rings. The van der Waals surface area contributed by atoms with Crippen LogP contribution in [0.5, 0.6) is 5.75 Å². The molecule has 5 heteroatoms. The summed E-state index contributed by atoms with van der Waals surface area (Å²) >= 11 is 0. The maximum atomic E-state index is 13.4. The smallest absolute Gasteiger partial charge is 0.220 e. The van der Waals surface area contributed by atoms with E-state index in [0.717, 1.165) is 0 Å². The SMILES string of the molecule is O=C(CCc1ccccc1F)NCCOc1ccc(F)cc1. The lowest BCUT2D eigenvalue weighted by Crippen LogP contribution is -2.28. The van der Waals surface area contributed by atoms with Crippen LogP contribution in [-0.4, -0.2) is 19.1 Å². The number of nitrogens with one attached hydrogen (secondary N) is 1. The first kappa shape index (κ1) is 15.9. The Labute approximate surface area is 127 Å². The molecule has 0 radical (unpaired) electrons. The summed E-state index contributed by atoms with van der Waals surface area (Å²) in [7, 11) is 0. The van der Waals surface area contributed by atoms with Crippen LogP contribution >= 0.6 is 0 Å². The van der Waals surface area contributed by atoms with Crippen LogP contribution < -0.4 is 10.1 Å². The van der Waals surface area contributed by atoms with E-state index in [0.29, 0.717) is 24.3 Å². The molecule has 0 bridgehead atoms. The number of benzene rings is 2. The highest BCUT2D eigenvalue weighted by atomic mass is 19.1. The fourth-order valence-electron chi connectivity index (χ4n) is 1.93. The first-order chi connectivity index (χ1) is 10.6. The van der Waals surface area contributed by atoms with Gasteiger partial charge in [0.2, 0.25) is 5.91 Å². The first-order valence-corrected chi connectivity index (χ1v) is 7.03. The minimum absolute atomic E-state index is 0.161. The van der Waals surface area contributed by atoms with Crippen molar-refractivity contribution >= 4 is 5.91 Å². The minimum atomic E-state index is -0.325. The van der Waals surface area contributed by atoms with Crippen molar-refractivity contribution < 1.29 is 18.3 Å². The zero-order chi connectivity index (χ0) is 15.8. The number of hydrogen-bond acceptors (Lipinski definition) is 2. The standard InChI is InChI=1S/C17H17F2NO2/c18-14-6-8-15(9-7-14)22-12-11-20-17(21)10-5-13-3-1-2-4-16(13)19/h1-4,6-9H,5,10-12H2,(H,20,21). The van der Waals surface area contributed by atoms with Crippen molar-refractivity contribution in [3.63, 3.8) is 0 Å². The van der Waals surface area contributed by atoms with Crippen molar-refractivity contribution in [2.75, 3.05) is 13.2 Å². The minimum Gasteiger partial charge on any atom is -0.492 e. The van der Waals surface area contributed by atoms with Crippen molar-refractivity contribution in [1.29, 1.82) is 0 Å². The molecule has 0 aliphatic rings. The summed E-state index contributed by atoms with van der Waals surface area (Å²) in [6.07, 6.45) is 0.578. The van der Waals surface area contributed by atoms with Crippen LogP contribution in [0.3, 0.4) is 0 Å². The zero-order valence-corrected chi connectivity index (χ0v) is 12.0. The molecule has 0 atom stereocenters. The molecular formula is C17H17F2NO2. The van der Waals surface area contributed by atoms with E-state index < -0.39 is 0 Å². The van der Waals surface area contributed by atoms with Gasteiger partial charge >= 0.3 is 0 Å². The van der Waals surface area contributed by atoms with E-state index in [-0.39, 0.29) is 30.6 Å². The molecule has 0 saturated carbocycles. The van der Waals surface area contributed by atoms with Gasteiger partial charge in [0.1, 0.15) is 24.0 Å². The Hall–Kier alpha value is -2.43. The Bertz CT molecular complexity index is 614. The summed E-state index contributed by atoms with van der Waals surface area (Å²) in [5.41, 5.74) is 0.528. The van der Waals surface area contributed by atoms with Crippen LogP contribution in [0.1, 0.15) is 12.0 Å². The van der Waals surface area contributed by atoms with Gasteiger partial charge in [0.15, 0.2) is 0 Å². The number of carbonyl (C=O) groups is 1. The van der Waals surface area contributed by atoms with Crippen LogP contribution in [-0.2, 0) is 11.2 Å². The van der Waals surface area contributed by atoms with Gasteiger partial charge in [-0.25, -0.2) is 8.78 Å². The van der Waals surface area contributed by atoms with Crippen LogP contribution in [0.25, 0.3) is 0 Å². The Morgan fingerprint density at radius 3 is 2.50 bits per heavy atom. The van der Waals surface area contributed by atoms with E-state index in [4.69, 9.17) is 4.74 Å². The molecule has 1 amide bonds. The lowest BCUT2D eigenvalue weighted by Gasteiger charge is -2.08. The lowest BCUT2D eigenvalue weighted by atomic mass is 10.1. The molecule has 0 saturated heterocycles. The monoisotopic (exact) mass is 305 g/mol. The van der Waals surface area contributed by atoms with Gasteiger partial charge in [-0.1, -0.05) is 18.2 Å². The first-order valence-electron chi connectivity index (χ1n) is 7.03. The van der Waals surface area contributed by atoms with Crippen LogP contribution in [0, 0.1) is 11.6 Å². The van der Waals surface area contributed by atoms with Crippen molar-refractivity contribution in [1.82, 2.24) is 5.32 Å². The molecule has 3 nitrogen and oxygen atoms in total. The molecular weight excluding hydrogens is 288 g/mol. The van der Waals surface area contributed by atoms with Gasteiger partial charge in [-0.3, -0.25) is 4.79 Å². The normalized spacial score (nSPS) is 10.3. The molecule has 2 aromatic rings. The predicted molar refractivity (Wildman–Crippen MR) is 79.6 cm³/mol. The quantitative estimate of drug-likeness (QED) is 0.798. The topological polar surface area (TPSA) is 38.3 Å². The largest absolute Gasteiger partial charge is 0.492 e. The second-order valence-corrected chi connectivity index (χ2v) is 4.74. The van der Waals surface area contributed by atoms with E-state index in [1.54, 1.807) is 18.2 Å². The molecule has 22 heavy (non-hydrogen) atoms. The van der Waals surface area contributed by atoms with Crippen molar-refractivity contribution in [3.05, 3.63) is 65.7 Å². The van der Waals surface area contributed by atoms with E-state index in [1.165, 1.54) is 30.3 Å². The average Bonchev–Trinajstić information content (AvgIpc) is 2.52. The van der Waals surface area contributed by atoms with E-state index in [9.17, 15) is 13.6 Å². The maximum absolute atomic E-state index is 13.4. The van der Waals surface area contributed by atoms with Crippen LogP contribution in [0.15, 0.2) is 48.5 Å². The van der Waals surface area contributed by atoms with Gasteiger partial charge in [0, 0.05) is 6.42 Å². The average molecular weight is 305 g/mol. The van der Waals surface area contributed by atoms with Crippen LogP contribution in [0.2, 0.25) is 0 Å². The second kappa shape index (κ2) is 8.12. The predicted octanol–water partition coefficient (Wildman–Crippen LogP) is 3.09. The molecule has 0 spiro atoms. The highest BCUT2D eigenvalue weighted by Gasteiger charge is 2.05. The number of amides is 1. The Kier molecular flexibility index (Phi) is 5.89. The Morgan fingerprint density at radius 1 is 1.05 bits per heavy atom. The van der Waals surface area contributed by atoms with Gasteiger partial charge in [-0.05, 0) is 42.3 Å². The van der Waals surface area contributed by atoms with E-state index >= 15 is 0 Å². The van der Waals surface area contributed by atoms with Gasteiger partial charge in [0.25, 0.3) is 0 Å². The maximum Gasteiger partial charge on any atom is 0.220 e. The summed E-state index contributed by atoms with van der Waals surface area (Å²) in [5, 5.41) is 2.69. The molecule has 2 rings (SSSR count). The second-order valence-electron chi connectivity index (χ2n) is 4.74.